The zero-order valence-electron chi connectivity index (χ0n) is 14.2. The number of pyridine rings is 1. The fourth-order valence-corrected chi connectivity index (χ4v) is 2.07. The molecular formula is C18H22N4O2. The van der Waals surface area contributed by atoms with Crippen LogP contribution >= 0.6 is 0 Å². The average molecular weight is 326 g/mol. The zero-order valence-corrected chi connectivity index (χ0v) is 14.2. The number of nitrogens with zero attached hydrogens (tertiary/aromatic N) is 2. The van der Waals surface area contributed by atoms with Crippen molar-refractivity contribution >= 4 is 23.2 Å². The smallest absolute Gasteiger partial charge is 0.251 e. The molecular weight excluding hydrogens is 304 g/mol. The summed E-state index contributed by atoms with van der Waals surface area (Å²) in [7, 11) is 3.91. The van der Waals surface area contributed by atoms with Gasteiger partial charge in [0.05, 0.1) is 0 Å². The first-order valence-corrected chi connectivity index (χ1v) is 7.72. The molecule has 0 saturated carbocycles. The number of aromatic nitrogens is 1. The molecule has 126 valence electrons. The van der Waals surface area contributed by atoms with Crippen LogP contribution in [0.25, 0.3) is 0 Å². The summed E-state index contributed by atoms with van der Waals surface area (Å²) in [5, 5.41) is 6.00. The normalized spacial score (nSPS) is 10.5. The van der Waals surface area contributed by atoms with E-state index in [1.807, 2.05) is 31.1 Å². The monoisotopic (exact) mass is 326 g/mol. The second kappa shape index (κ2) is 8.21. The highest BCUT2D eigenvalue weighted by Crippen LogP contribution is 2.16. The van der Waals surface area contributed by atoms with Crippen LogP contribution in [0.4, 0.5) is 11.5 Å². The van der Waals surface area contributed by atoms with E-state index in [0.717, 1.165) is 12.2 Å². The number of hydrogen-bond acceptors (Lipinski definition) is 5. The second-order valence-electron chi connectivity index (χ2n) is 5.75. The molecule has 0 unspecified atom stereocenters. The summed E-state index contributed by atoms with van der Waals surface area (Å²) in [6.45, 7) is 2.90. The summed E-state index contributed by atoms with van der Waals surface area (Å²) in [5.74, 6) is 0.469. The van der Waals surface area contributed by atoms with Crippen LogP contribution in [-0.4, -0.2) is 48.8 Å². The molecule has 6 nitrogen and oxygen atoms in total. The number of carbonyl (C=O) groups excluding carboxylic acids is 2. The van der Waals surface area contributed by atoms with E-state index in [-0.39, 0.29) is 11.7 Å². The molecule has 1 heterocycles. The Morgan fingerprint density at radius 3 is 2.42 bits per heavy atom. The molecule has 0 bridgehead atoms. The number of hydrogen-bond donors (Lipinski definition) is 2. The third-order valence-electron chi connectivity index (χ3n) is 3.43. The number of amides is 1. The molecule has 0 aliphatic carbocycles. The predicted molar refractivity (Wildman–Crippen MR) is 94.9 cm³/mol. The summed E-state index contributed by atoms with van der Waals surface area (Å²) >= 11 is 0. The molecule has 0 fully saturated rings. The molecule has 2 rings (SSSR count). The molecule has 0 aliphatic heterocycles. The Morgan fingerprint density at radius 2 is 1.79 bits per heavy atom. The van der Waals surface area contributed by atoms with E-state index in [1.165, 1.54) is 6.92 Å². The van der Waals surface area contributed by atoms with E-state index in [4.69, 9.17) is 0 Å². The first-order valence-electron chi connectivity index (χ1n) is 7.72. The number of rotatable bonds is 7. The van der Waals surface area contributed by atoms with Crippen molar-refractivity contribution < 1.29 is 9.59 Å². The lowest BCUT2D eigenvalue weighted by Gasteiger charge is -2.11. The average Bonchev–Trinajstić information content (AvgIpc) is 2.55. The van der Waals surface area contributed by atoms with Gasteiger partial charge in [-0.15, -0.1) is 0 Å². The van der Waals surface area contributed by atoms with Crippen LogP contribution in [0.2, 0.25) is 0 Å². The molecule has 0 saturated heterocycles. The molecule has 0 radical (unpaired) electrons. The quantitative estimate of drug-likeness (QED) is 0.764. The Morgan fingerprint density at radius 1 is 1.08 bits per heavy atom. The number of anilines is 2. The van der Waals surface area contributed by atoms with E-state index >= 15 is 0 Å². The fraction of sp³-hybridized carbons (Fsp3) is 0.278. The molecule has 0 atom stereocenters. The summed E-state index contributed by atoms with van der Waals surface area (Å²) in [5.41, 5.74) is 2.01. The van der Waals surface area contributed by atoms with Crippen LogP contribution in [0.15, 0.2) is 42.6 Å². The molecule has 1 aromatic heterocycles. The lowest BCUT2D eigenvalue weighted by atomic mass is 10.1. The minimum absolute atomic E-state index is 0.0241. The second-order valence-corrected chi connectivity index (χ2v) is 5.75. The molecule has 1 aromatic carbocycles. The zero-order chi connectivity index (χ0) is 17.5. The van der Waals surface area contributed by atoms with Crippen LogP contribution in [0.5, 0.6) is 0 Å². The van der Waals surface area contributed by atoms with E-state index in [0.29, 0.717) is 23.5 Å². The van der Waals surface area contributed by atoms with Crippen LogP contribution in [0.1, 0.15) is 27.6 Å². The van der Waals surface area contributed by atoms with Gasteiger partial charge in [0, 0.05) is 36.1 Å². The van der Waals surface area contributed by atoms with Crippen molar-refractivity contribution in [2.75, 3.05) is 32.5 Å². The number of Topliss-reactive ketones (excluding diaryl/α,β-unsaturated/α-hetero) is 1. The maximum atomic E-state index is 12.1. The number of nitrogens with one attached hydrogen (secondary N) is 2. The summed E-state index contributed by atoms with van der Waals surface area (Å²) < 4.78 is 0. The van der Waals surface area contributed by atoms with E-state index < -0.39 is 0 Å². The van der Waals surface area contributed by atoms with Crippen molar-refractivity contribution in [3.05, 3.63) is 53.7 Å². The molecule has 2 aromatic rings. The van der Waals surface area contributed by atoms with Gasteiger partial charge in [-0.3, -0.25) is 9.59 Å². The summed E-state index contributed by atoms with van der Waals surface area (Å²) in [6, 6.07) is 10.5. The Bertz CT molecular complexity index is 711. The van der Waals surface area contributed by atoms with Gasteiger partial charge in [0.25, 0.3) is 5.91 Å². The van der Waals surface area contributed by atoms with Gasteiger partial charge in [-0.1, -0.05) is 0 Å². The highest BCUT2D eigenvalue weighted by atomic mass is 16.1. The lowest BCUT2D eigenvalue weighted by molar-refractivity contribution is 0.0950. The Balaban J connectivity index is 2.01. The SMILES string of the molecule is CC(=O)c1ccc(Nc2cc(C(=O)NCCN(C)C)ccn2)cc1. The van der Waals surface area contributed by atoms with Gasteiger partial charge in [0.1, 0.15) is 5.82 Å². The van der Waals surface area contributed by atoms with Gasteiger partial charge in [-0.25, -0.2) is 4.98 Å². The maximum absolute atomic E-state index is 12.1. The van der Waals surface area contributed by atoms with Crippen molar-refractivity contribution in [3.63, 3.8) is 0 Å². The Hall–Kier alpha value is -2.73. The summed E-state index contributed by atoms with van der Waals surface area (Å²) in [6.07, 6.45) is 1.59. The van der Waals surface area contributed by atoms with Gasteiger partial charge in [-0.2, -0.15) is 0 Å². The van der Waals surface area contributed by atoms with Crippen molar-refractivity contribution in [3.8, 4) is 0 Å². The number of carbonyl (C=O) groups is 2. The number of likely N-dealkylation sites (N-methyl/N-ethyl adjacent to an activating group) is 1. The third-order valence-corrected chi connectivity index (χ3v) is 3.43. The fourth-order valence-electron chi connectivity index (χ4n) is 2.07. The topological polar surface area (TPSA) is 74.3 Å². The standard InChI is InChI=1S/C18H22N4O2/c1-13(23)14-4-6-16(7-5-14)21-17-12-15(8-9-19-17)18(24)20-10-11-22(2)3/h4-9,12H,10-11H2,1-3H3,(H,19,21)(H,20,24). The van der Waals surface area contributed by atoms with Crippen LogP contribution in [-0.2, 0) is 0 Å². The minimum atomic E-state index is -0.130. The van der Waals surface area contributed by atoms with E-state index in [1.54, 1.807) is 30.5 Å². The van der Waals surface area contributed by atoms with Crippen LogP contribution < -0.4 is 10.6 Å². The summed E-state index contributed by atoms with van der Waals surface area (Å²) in [4.78, 5) is 29.6. The number of ketones is 1. The molecule has 2 N–H and O–H groups in total. The first-order chi connectivity index (χ1) is 11.5. The molecule has 0 spiro atoms. The van der Waals surface area contributed by atoms with Crippen LogP contribution in [0.3, 0.4) is 0 Å². The van der Waals surface area contributed by atoms with Gasteiger partial charge in [0.15, 0.2) is 5.78 Å². The van der Waals surface area contributed by atoms with Crippen LogP contribution in [0, 0.1) is 0 Å². The lowest BCUT2D eigenvalue weighted by Crippen LogP contribution is -2.31. The van der Waals surface area contributed by atoms with Crippen molar-refractivity contribution in [2.24, 2.45) is 0 Å². The van der Waals surface area contributed by atoms with Gasteiger partial charge in [-0.05, 0) is 57.4 Å². The molecule has 6 heteroatoms. The Kier molecular flexibility index (Phi) is 6.03. The van der Waals surface area contributed by atoms with Gasteiger partial charge >= 0.3 is 0 Å². The number of benzene rings is 1. The molecule has 24 heavy (non-hydrogen) atoms. The van der Waals surface area contributed by atoms with Crippen molar-refractivity contribution in [1.29, 1.82) is 0 Å². The van der Waals surface area contributed by atoms with Gasteiger partial charge in [0.2, 0.25) is 0 Å². The van der Waals surface area contributed by atoms with E-state index in [2.05, 4.69) is 15.6 Å². The largest absolute Gasteiger partial charge is 0.351 e. The highest BCUT2D eigenvalue weighted by Gasteiger charge is 2.07. The first kappa shape index (κ1) is 17.6. The van der Waals surface area contributed by atoms with Crippen molar-refractivity contribution in [1.82, 2.24) is 15.2 Å². The van der Waals surface area contributed by atoms with Crippen molar-refractivity contribution in [2.45, 2.75) is 6.92 Å². The van der Waals surface area contributed by atoms with E-state index in [9.17, 15) is 9.59 Å². The Labute approximate surface area is 141 Å². The molecule has 0 aliphatic rings. The maximum Gasteiger partial charge on any atom is 0.251 e. The predicted octanol–water partition coefficient (Wildman–Crippen LogP) is 2.32. The van der Waals surface area contributed by atoms with Gasteiger partial charge < -0.3 is 15.5 Å². The minimum Gasteiger partial charge on any atom is -0.351 e. The highest BCUT2D eigenvalue weighted by molar-refractivity contribution is 5.95. The third kappa shape index (κ3) is 5.17. The molecule has 1 amide bonds.